The Morgan fingerprint density at radius 1 is 1.20 bits per heavy atom. The number of ether oxygens (including phenoxy) is 3. The Labute approximate surface area is 231 Å². The topological polar surface area (TPSA) is 124 Å². The summed E-state index contributed by atoms with van der Waals surface area (Å²) in [7, 11) is 0. The molecule has 2 saturated heterocycles. The third kappa shape index (κ3) is 4.37. The Morgan fingerprint density at radius 2 is 2.00 bits per heavy atom. The van der Waals surface area contributed by atoms with Gasteiger partial charge < -0.3 is 25.3 Å². The first kappa shape index (κ1) is 25.3. The second kappa shape index (κ2) is 9.74. The van der Waals surface area contributed by atoms with Crippen LogP contribution in [0.4, 0.5) is 26.4 Å². The van der Waals surface area contributed by atoms with E-state index in [-0.39, 0.29) is 17.2 Å². The summed E-state index contributed by atoms with van der Waals surface area (Å²) in [5.74, 6) is 0.277. The maximum Gasteiger partial charge on any atom is 0.413 e. The monoisotopic (exact) mass is 548 g/mol. The number of hydrogen-bond donors (Lipinski definition) is 3. The first-order chi connectivity index (χ1) is 19.4. The summed E-state index contributed by atoms with van der Waals surface area (Å²) >= 11 is 0. The summed E-state index contributed by atoms with van der Waals surface area (Å²) in [6, 6.07) is 3.97. The molecular formula is C29H33FN6O4. The molecule has 3 aliphatic heterocycles. The predicted octanol–water partition coefficient (Wildman–Crippen LogP) is 4.32. The van der Waals surface area contributed by atoms with Crippen LogP contribution in [0.3, 0.4) is 0 Å². The van der Waals surface area contributed by atoms with Crippen molar-refractivity contribution in [3.8, 4) is 17.0 Å². The lowest BCUT2D eigenvalue weighted by Gasteiger charge is -2.53. The van der Waals surface area contributed by atoms with Crippen molar-refractivity contribution in [3.05, 3.63) is 35.9 Å². The summed E-state index contributed by atoms with van der Waals surface area (Å²) in [5, 5.41) is 7.13. The predicted molar refractivity (Wildman–Crippen MR) is 149 cm³/mol. The van der Waals surface area contributed by atoms with E-state index >= 15 is 4.39 Å². The highest BCUT2D eigenvalue weighted by molar-refractivity contribution is 5.99. The van der Waals surface area contributed by atoms with Crippen molar-refractivity contribution in [1.29, 1.82) is 0 Å². The van der Waals surface area contributed by atoms with Crippen LogP contribution in [0, 0.1) is 18.2 Å². The lowest BCUT2D eigenvalue weighted by atomic mass is 9.61. The fourth-order valence-electron chi connectivity index (χ4n) is 6.54. The highest BCUT2D eigenvalue weighted by atomic mass is 19.1. The van der Waals surface area contributed by atoms with Crippen molar-refractivity contribution in [3.63, 3.8) is 0 Å². The largest absolute Gasteiger partial charge is 0.474 e. The number of anilines is 3. The molecule has 1 amide bonds. The fraction of sp³-hybridized carbons (Fsp3) is 0.483. The average Bonchev–Trinajstić information content (AvgIpc) is 2.90. The van der Waals surface area contributed by atoms with Crippen molar-refractivity contribution in [2.24, 2.45) is 5.41 Å². The van der Waals surface area contributed by atoms with E-state index in [4.69, 9.17) is 19.9 Å². The number of fused-ring (bicyclic) bond motifs is 2. The molecule has 3 fully saturated rings. The van der Waals surface area contributed by atoms with Crippen LogP contribution < -0.4 is 21.1 Å². The number of nitrogens with zero attached hydrogens (tertiary/aromatic N) is 3. The van der Waals surface area contributed by atoms with Gasteiger partial charge in [0.05, 0.1) is 24.9 Å². The SMILES string of the molecule is Cc1c(-c2cc3cc(NC(=O)OC4CC5(CCN(C6COC6)CC5)C4)ncc3c(N)c2F)cnc2c1NCCO2. The molecule has 7 rings (SSSR count). The maximum atomic E-state index is 15.4. The third-order valence-corrected chi connectivity index (χ3v) is 9.06. The molecule has 0 bridgehead atoms. The number of pyridine rings is 2. The number of likely N-dealkylation sites (tertiary alicyclic amines) is 1. The molecule has 2 aromatic heterocycles. The molecule has 10 nitrogen and oxygen atoms in total. The second-order valence-electron chi connectivity index (χ2n) is 11.5. The number of benzene rings is 1. The molecule has 1 saturated carbocycles. The van der Waals surface area contributed by atoms with Crippen LogP contribution in [0.5, 0.6) is 5.88 Å². The number of carbonyl (C=O) groups excluding carboxylic acids is 1. The zero-order valence-corrected chi connectivity index (χ0v) is 22.5. The van der Waals surface area contributed by atoms with E-state index in [1.165, 1.54) is 6.20 Å². The van der Waals surface area contributed by atoms with Gasteiger partial charge in [0.15, 0.2) is 5.82 Å². The molecule has 210 valence electrons. The molecule has 3 aromatic rings. The standard InChI is InChI=1S/C29H33FN6O4/c1-16-21(12-34-27-26(16)32-4-7-39-27)20-8-17-9-23(33-13-22(17)25(31)24(20)30)35-28(37)40-19-10-29(11-19)2-5-36(6-3-29)18-14-38-15-18/h8-9,12-13,18-19,32H,2-7,10-11,14-15,31H2,1H3,(H,33,35,37). The van der Waals surface area contributed by atoms with Gasteiger partial charge in [-0.25, -0.2) is 19.2 Å². The van der Waals surface area contributed by atoms with Crippen molar-refractivity contribution in [2.75, 3.05) is 55.8 Å². The minimum atomic E-state index is -0.540. The normalized spacial score (nSPS) is 20.6. The summed E-state index contributed by atoms with van der Waals surface area (Å²) in [5.41, 5.74) is 8.97. The van der Waals surface area contributed by atoms with Gasteiger partial charge in [0.1, 0.15) is 24.2 Å². The number of rotatable bonds is 4. The Bertz CT molecular complexity index is 1480. The molecule has 4 aliphatic rings. The van der Waals surface area contributed by atoms with E-state index < -0.39 is 11.9 Å². The summed E-state index contributed by atoms with van der Waals surface area (Å²) < 4.78 is 32.1. The molecule has 1 aromatic carbocycles. The number of amides is 1. The van der Waals surface area contributed by atoms with Crippen LogP contribution in [0.2, 0.25) is 0 Å². The maximum absolute atomic E-state index is 15.4. The lowest BCUT2D eigenvalue weighted by molar-refractivity contribution is -0.112. The summed E-state index contributed by atoms with van der Waals surface area (Å²) in [6.45, 7) is 6.94. The van der Waals surface area contributed by atoms with Gasteiger partial charge in [0.25, 0.3) is 0 Å². The molecule has 4 N–H and O–H groups in total. The molecule has 40 heavy (non-hydrogen) atoms. The van der Waals surface area contributed by atoms with Gasteiger partial charge in [-0.05, 0) is 74.2 Å². The van der Waals surface area contributed by atoms with Gasteiger partial charge in [-0.3, -0.25) is 10.2 Å². The van der Waals surface area contributed by atoms with E-state index in [0.29, 0.717) is 52.8 Å². The van der Waals surface area contributed by atoms with E-state index in [1.54, 1.807) is 18.3 Å². The zero-order valence-electron chi connectivity index (χ0n) is 22.5. The Kier molecular flexibility index (Phi) is 6.16. The molecule has 1 aliphatic carbocycles. The molecule has 5 heterocycles. The number of carbonyl (C=O) groups is 1. The second-order valence-corrected chi connectivity index (χ2v) is 11.5. The fourth-order valence-corrected chi connectivity index (χ4v) is 6.54. The van der Waals surface area contributed by atoms with Gasteiger partial charge in [0, 0.05) is 35.5 Å². The van der Waals surface area contributed by atoms with Crippen molar-refractivity contribution in [1.82, 2.24) is 14.9 Å². The van der Waals surface area contributed by atoms with Gasteiger partial charge in [-0.2, -0.15) is 0 Å². The Hall–Kier alpha value is -3.70. The van der Waals surface area contributed by atoms with Crippen molar-refractivity contribution < 1.29 is 23.4 Å². The lowest BCUT2D eigenvalue weighted by Crippen LogP contribution is -2.56. The number of piperidine rings is 1. The van der Waals surface area contributed by atoms with Crippen LogP contribution in [0.1, 0.15) is 31.2 Å². The number of hydrogen-bond acceptors (Lipinski definition) is 9. The average molecular weight is 549 g/mol. The summed E-state index contributed by atoms with van der Waals surface area (Å²) in [6.07, 6.45) is 6.51. The first-order valence-corrected chi connectivity index (χ1v) is 13.9. The third-order valence-electron chi connectivity index (χ3n) is 9.06. The minimum absolute atomic E-state index is 0.00824. The number of halogens is 1. The smallest absolute Gasteiger partial charge is 0.413 e. The quantitative estimate of drug-likeness (QED) is 0.409. The van der Waals surface area contributed by atoms with E-state index in [0.717, 1.165) is 63.2 Å². The number of nitrogens with two attached hydrogens (primary N) is 1. The van der Waals surface area contributed by atoms with Gasteiger partial charge in [0.2, 0.25) is 5.88 Å². The number of aromatic nitrogens is 2. The minimum Gasteiger partial charge on any atom is -0.474 e. The van der Waals surface area contributed by atoms with Gasteiger partial charge >= 0.3 is 6.09 Å². The van der Waals surface area contributed by atoms with Crippen LogP contribution in [0.15, 0.2) is 24.5 Å². The molecule has 0 unspecified atom stereocenters. The zero-order chi connectivity index (χ0) is 27.4. The van der Waals surface area contributed by atoms with Crippen molar-refractivity contribution in [2.45, 2.75) is 44.8 Å². The molecule has 0 radical (unpaired) electrons. The van der Waals surface area contributed by atoms with Crippen LogP contribution in [0.25, 0.3) is 21.9 Å². The number of nitrogen functional groups attached to an aromatic ring is 1. The molecule has 0 atom stereocenters. The van der Waals surface area contributed by atoms with Gasteiger partial charge in [-0.1, -0.05) is 0 Å². The van der Waals surface area contributed by atoms with Crippen LogP contribution >= 0.6 is 0 Å². The Morgan fingerprint density at radius 3 is 2.75 bits per heavy atom. The first-order valence-electron chi connectivity index (χ1n) is 13.9. The highest BCUT2D eigenvalue weighted by Gasteiger charge is 2.48. The van der Waals surface area contributed by atoms with Gasteiger partial charge in [-0.15, -0.1) is 0 Å². The van der Waals surface area contributed by atoms with E-state index in [9.17, 15) is 4.79 Å². The highest BCUT2D eigenvalue weighted by Crippen LogP contribution is 2.50. The molecule has 11 heteroatoms. The van der Waals surface area contributed by atoms with E-state index in [1.807, 2.05) is 6.92 Å². The van der Waals surface area contributed by atoms with Crippen LogP contribution in [-0.2, 0) is 9.47 Å². The van der Waals surface area contributed by atoms with Crippen LogP contribution in [-0.4, -0.2) is 72.6 Å². The molecule has 1 spiro atoms. The summed E-state index contributed by atoms with van der Waals surface area (Å²) in [4.78, 5) is 23.9. The number of nitrogens with one attached hydrogen (secondary N) is 2. The Balaban J connectivity index is 1.04. The van der Waals surface area contributed by atoms with E-state index in [2.05, 4.69) is 25.5 Å². The van der Waals surface area contributed by atoms with Crippen molar-refractivity contribution >= 4 is 34.1 Å². The molecular weight excluding hydrogens is 515 g/mol.